The molecule has 1 heterocycles. The number of aliphatic imine (C=N–C) groups is 1. The maximum atomic E-state index is 10.4. The highest BCUT2D eigenvalue weighted by molar-refractivity contribution is 6.14. The molecule has 2 aromatic carbocycles. The van der Waals surface area contributed by atoms with Gasteiger partial charge in [-0.15, -0.1) is 0 Å². The fourth-order valence-electron chi connectivity index (χ4n) is 3.26. The predicted molar refractivity (Wildman–Crippen MR) is 120 cm³/mol. The quantitative estimate of drug-likeness (QED) is 0.591. The number of fused-ring (bicyclic) bond motifs is 1. The van der Waals surface area contributed by atoms with Crippen LogP contribution in [0.1, 0.15) is 24.0 Å². The van der Waals surface area contributed by atoms with Crippen molar-refractivity contribution >= 4 is 29.3 Å². The van der Waals surface area contributed by atoms with Crippen molar-refractivity contribution in [3.05, 3.63) is 65.7 Å². The third-order valence-electron chi connectivity index (χ3n) is 4.86. The number of benzene rings is 2. The number of hydrogen-bond donors (Lipinski definition) is 3. The van der Waals surface area contributed by atoms with Crippen LogP contribution in [0.2, 0.25) is 0 Å². The third-order valence-corrected chi connectivity index (χ3v) is 4.86. The summed E-state index contributed by atoms with van der Waals surface area (Å²) in [6.45, 7) is 3.01. The van der Waals surface area contributed by atoms with Gasteiger partial charge in [-0.2, -0.15) is 0 Å². The number of carboxylic acid groups (broad SMARTS) is 1. The molecule has 0 spiro atoms. The summed E-state index contributed by atoms with van der Waals surface area (Å²) in [5.74, 6) is 0. The molecule has 0 fully saturated rings. The Labute approximate surface area is 172 Å². The van der Waals surface area contributed by atoms with Crippen LogP contribution in [0.3, 0.4) is 0 Å². The van der Waals surface area contributed by atoms with Crippen molar-refractivity contribution in [1.82, 2.24) is 5.32 Å². The maximum Gasteiger partial charge on any atom is 0.404 e. The van der Waals surface area contributed by atoms with Crippen molar-refractivity contribution in [2.45, 2.75) is 12.8 Å². The number of para-hydroxylation sites is 1. The van der Waals surface area contributed by atoms with Crippen LogP contribution in [0.4, 0.5) is 16.2 Å². The van der Waals surface area contributed by atoms with Gasteiger partial charge in [0.05, 0.1) is 12.3 Å². The van der Waals surface area contributed by atoms with E-state index in [4.69, 9.17) is 10.1 Å². The van der Waals surface area contributed by atoms with Crippen molar-refractivity contribution in [2.24, 2.45) is 4.99 Å². The van der Waals surface area contributed by atoms with Crippen LogP contribution in [-0.2, 0) is 0 Å². The Hall–Kier alpha value is -3.28. The first-order valence-electron chi connectivity index (χ1n) is 9.97. The van der Waals surface area contributed by atoms with Gasteiger partial charge in [0.15, 0.2) is 0 Å². The first-order chi connectivity index (χ1) is 14.1. The molecule has 6 heteroatoms. The smallest absolute Gasteiger partial charge is 0.404 e. The number of likely N-dealkylation sites (N-methyl/N-ethyl adjacent to an activating group) is 1. The van der Waals surface area contributed by atoms with Gasteiger partial charge in [-0.3, -0.25) is 4.99 Å². The Morgan fingerprint density at radius 3 is 2.66 bits per heavy atom. The first-order valence-corrected chi connectivity index (χ1v) is 9.97. The SMILES string of the molecule is CN1CCN=C(/C=C/c2ccc(NCCCCNC(=O)O)cc2)c2ccccc21. The fourth-order valence-corrected chi connectivity index (χ4v) is 3.26. The highest BCUT2D eigenvalue weighted by atomic mass is 16.4. The van der Waals surface area contributed by atoms with Crippen LogP contribution in [-0.4, -0.2) is 50.1 Å². The number of nitrogens with one attached hydrogen (secondary N) is 2. The molecule has 3 N–H and O–H groups in total. The molecule has 29 heavy (non-hydrogen) atoms. The predicted octanol–water partition coefficient (Wildman–Crippen LogP) is 4.10. The molecule has 152 valence electrons. The summed E-state index contributed by atoms with van der Waals surface area (Å²) < 4.78 is 0. The van der Waals surface area contributed by atoms with Gasteiger partial charge in [0.2, 0.25) is 0 Å². The van der Waals surface area contributed by atoms with Crippen LogP contribution in [0.15, 0.2) is 59.6 Å². The molecule has 1 amide bonds. The van der Waals surface area contributed by atoms with Crippen molar-refractivity contribution in [3.63, 3.8) is 0 Å². The molecule has 0 unspecified atom stereocenters. The van der Waals surface area contributed by atoms with Crippen LogP contribution in [0, 0.1) is 0 Å². The van der Waals surface area contributed by atoms with E-state index in [2.05, 4.69) is 83.3 Å². The zero-order valence-corrected chi connectivity index (χ0v) is 16.8. The van der Waals surface area contributed by atoms with Gasteiger partial charge in [-0.1, -0.05) is 36.4 Å². The van der Waals surface area contributed by atoms with E-state index < -0.39 is 6.09 Å². The van der Waals surface area contributed by atoms with E-state index >= 15 is 0 Å². The maximum absolute atomic E-state index is 10.4. The molecule has 1 aliphatic heterocycles. The number of benzodiazepines with no additional fused rings is 1. The van der Waals surface area contributed by atoms with Crippen molar-refractivity contribution in [3.8, 4) is 0 Å². The summed E-state index contributed by atoms with van der Waals surface area (Å²) in [7, 11) is 2.11. The minimum Gasteiger partial charge on any atom is -0.465 e. The molecule has 6 nitrogen and oxygen atoms in total. The summed E-state index contributed by atoms with van der Waals surface area (Å²) in [5, 5.41) is 14.3. The third kappa shape index (κ3) is 6.10. The number of amides is 1. The Kier molecular flexibility index (Phi) is 7.28. The highest BCUT2D eigenvalue weighted by Gasteiger charge is 2.13. The van der Waals surface area contributed by atoms with E-state index in [-0.39, 0.29) is 0 Å². The standard InChI is InChI=1S/C23H28N4O2/c1-27-17-16-25-21(20-6-2-3-7-22(20)27)13-10-18-8-11-19(12-9-18)24-14-4-5-15-26-23(28)29/h2-3,6-13,24,26H,4-5,14-17H2,1H3,(H,28,29)/b13-10+. The number of anilines is 2. The second kappa shape index (κ2) is 10.3. The largest absolute Gasteiger partial charge is 0.465 e. The average Bonchev–Trinajstić information content (AvgIpc) is 2.89. The molecular formula is C23H28N4O2. The molecule has 0 saturated carbocycles. The molecule has 3 rings (SSSR count). The number of unbranched alkanes of at least 4 members (excludes halogenated alkanes) is 1. The van der Waals surface area contributed by atoms with Gasteiger partial charge in [0, 0.05) is 43.6 Å². The van der Waals surface area contributed by atoms with Crippen molar-refractivity contribution in [1.29, 1.82) is 0 Å². The molecule has 0 bridgehead atoms. The van der Waals surface area contributed by atoms with E-state index in [1.807, 2.05) is 0 Å². The number of rotatable bonds is 8. The zero-order chi connectivity index (χ0) is 20.5. The van der Waals surface area contributed by atoms with Gasteiger partial charge in [0.25, 0.3) is 0 Å². The van der Waals surface area contributed by atoms with E-state index in [1.54, 1.807) is 0 Å². The van der Waals surface area contributed by atoms with Crippen LogP contribution in [0.5, 0.6) is 0 Å². The van der Waals surface area contributed by atoms with Crippen molar-refractivity contribution in [2.75, 3.05) is 43.4 Å². The normalized spacial score (nSPS) is 13.6. The molecule has 0 saturated heterocycles. The van der Waals surface area contributed by atoms with Gasteiger partial charge < -0.3 is 20.6 Å². The molecule has 2 aromatic rings. The number of hydrogen-bond acceptors (Lipinski definition) is 4. The lowest BCUT2D eigenvalue weighted by molar-refractivity contribution is 0.194. The topological polar surface area (TPSA) is 77.0 Å². The minimum atomic E-state index is -0.966. The minimum absolute atomic E-state index is 0.490. The molecule has 0 radical (unpaired) electrons. The second-order valence-electron chi connectivity index (χ2n) is 7.03. The van der Waals surface area contributed by atoms with Gasteiger partial charge in [0.1, 0.15) is 0 Å². The summed E-state index contributed by atoms with van der Waals surface area (Å²) in [6, 6.07) is 16.7. The first kappa shape index (κ1) is 20.5. The van der Waals surface area contributed by atoms with Crippen LogP contribution < -0.4 is 15.5 Å². The molecular weight excluding hydrogens is 364 g/mol. The average molecular weight is 393 g/mol. The molecule has 0 atom stereocenters. The Balaban J connectivity index is 1.54. The number of nitrogens with zero attached hydrogens (tertiary/aromatic N) is 2. The van der Waals surface area contributed by atoms with E-state index in [0.29, 0.717) is 6.54 Å². The van der Waals surface area contributed by atoms with Crippen LogP contribution >= 0.6 is 0 Å². The summed E-state index contributed by atoms with van der Waals surface area (Å²) >= 11 is 0. The van der Waals surface area contributed by atoms with E-state index in [9.17, 15) is 4.79 Å². The monoisotopic (exact) mass is 392 g/mol. The summed E-state index contributed by atoms with van der Waals surface area (Å²) in [4.78, 5) is 17.4. The molecule has 0 aromatic heterocycles. The second-order valence-corrected chi connectivity index (χ2v) is 7.03. The summed E-state index contributed by atoms with van der Waals surface area (Å²) in [5.41, 5.74) is 5.58. The summed E-state index contributed by atoms with van der Waals surface area (Å²) in [6.07, 6.45) is 4.96. The zero-order valence-electron chi connectivity index (χ0n) is 16.8. The van der Waals surface area contributed by atoms with Gasteiger partial charge >= 0.3 is 6.09 Å². The number of allylic oxidation sites excluding steroid dienone is 1. The lowest BCUT2D eigenvalue weighted by atomic mass is 10.1. The number of carbonyl (C=O) groups is 1. The van der Waals surface area contributed by atoms with E-state index in [0.717, 1.165) is 49.4 Å². The van der Waals surface area contributed by atoms with Crippen LogP contribution in [0.25, 0.3) is 6.08 Å². The molecule has 1 aliphatic rings. The lowest BCUT2D eigenvalue weighted by Crippen LogP contribution is -2.22. The fraction of sp³-hybridized carbons (Fsp3) is 0.304. The molecule has 0 aliphatic carbocycles. The Bertz CT molecular complexity index is 875. The van der Waals surface area contributed by atoms with Gasteiger partial charge in [-0.25, -0.2) is 4.79 Å². The Morgan fingerprint density at radius 2 is 1.86 bits per heavy atom. The lowest BCUT2D eigenvalue weighted by Gasteiger charge is -2.18. The Morgan fingerprint density at radius 1 is 1.10 bits per heavy atom. The van der Waals surface area contributed by atoms with Gasteiger partial charge in [-0.05, 0) is 42.7 Å². The highest BCUT2D eigenvalue weighted by Crippen LogP contribution is 2.23. The van der Waals surface area contributed by atoms with E-state index in [1.165, 1.54) is 11.3 Å². The van der Waals surface area contributed by atoms with Crippen molar-refractivity contribution < 1.29 is 9.90 Å².